The summed E-state index contributed by atoms with van der Waals surface area (Å²) in [5.41, 5.74) is 0. The molecule has 0 saturated heterocycles. The van der Waals surface area contributed by atoms with Gasteiger partial charge >= 0.3 is 5.97 Å². The van der Waals surface area contributed by atoms with Crippen LogP contribution in [0.3, 0.4) is 0 Å². The summed E-state index contributed by atoms with van der Waals surface area (Å²) in [6.45, 7) is 0.267. The highest BCUT2D eigenvalue weighted by molar-refractivity contribution is 9.10. The van der Waals surface area contributed by atoms with E-state index in [4.69, 9.17) is 9.84 Å². The molecule has 6 heteroatoms. The van der Waals surface area contributed by atoms with Gasteiger partial charge in [-0.05, 0) is 30.7 Å². The Labute approximate surface area is 113 Å². The zero-order chi connectivity index (χ0) is 13.4. The van der Waals surface area contributed by atoms with Crippen LogP contribution in [-0.4, -0.2) is 30.1 Å². The Kier molecular flexibility index (Phi) is 6.21. The maximum Gasteiger partial charge on any atom is 0.303 e. The predicted octanol–water partition coefficient (Wildman–Crippen LogP) is 1.81. The largest absolute Gasteiger partial charge is 0.484 e. The molecule has 2 N–H and O–H groups in total. The molecular weight excluding hydrogens is 302 g/mol. The fraction of sp³-hybridized carbons (Fsp3) is 0.333. The molecule has 1 amide bonds. The lowest BCUT2D eigenvalue weighted by molar-refractivity contribution is -0.137. The minimum Gasteiger partial charge on any atom is -0.484 e. The quantitative estimate of drug-likeness (QED) is 0.752. The Hall–Kier alpha value is -1.56. The molecule has 0 saturated carbocycles. The van der Waals surface area contributed by atoms with Crippen molar-refractivity contribution < 1.29 is 19.4 Å². The summed E-state index contributed by atoms with van der Waals surface area (Å²) < 4.78 is 6.19. The number of ether oxygens (including phenoxy) is 1. The van der Waals surface area contributed by atoms with E-state index in [9.17, 15) is 9.59 Å². The van der Waals surface area contributed by atoms with Crippen LogP contribution in [0.25, 0.3) is 0 Å². The minimum absolute atomic E-state index is 0.0495. The second-order valence-corrected chi connectivity index (χ2v) is 4.51. The third-order valence-electron chi connectivity index (χ3n) is 2.07. The number of hydrogen-bond donors (Lipinski definition) is 2. The van der Waals surface area contributed by atoms with E-state index in [1.165, 1.54) is 0 Å². The number of halogens is 1. The number of aliphatic carboxylic acids is 1. The Balaban J connectivity index is 2.17. The van der Waals surface area contributed by atoms with E-state index in [0.717, 1.165) is 4.47 Å². The van der Waals surface area contributed by atoms with E-state index in [1.807, 2.05) is 12.1 Å². The summed E-state index contributed by atoms with van der Waals surface area (Å²) in [5, 5.41) is 11.0. The van der Waals surface area contributed by atoms with Gasteiger partial charge in [0.2, 0.25) is 0 Å². The molecule has 0 atom stereocenters. The smallest absolute Gasteiger partial charge is 0.303 e. The lowest BCUT2D eigenvalue weighted by Gasteiger charge is -2.06. The van der Waals surface area contributed by atoms with Gasteiger partial charge in [-0.2, -0.15) is 0 Å². The molecule has 98 valence electrons. The third kappa shape index (κ3) is 6.24. The van der Waals surface area contributed by atoms with Crippen molar-refractivity contribution in [3.8, 4) is 5.75 Å². The van der Waals surface area contributed by atoms with Gasteiger partial charge in [0.05, 0.1) is 0 Å². The van der Waals surface area contributed by atoms with Crippen LogP contribution in [0.5, 0.6) is 5.75 Å². The van der Waals surface area contributed by atoms with Crippen LogP contribution in [0.2, 0.25) is 0 Å². The molecule has 1 aromatic rings. The predicted molar refractivity (Wildman–Crippen MR) is 69.5 cm³/mol. The zero-order valence-electron chi connectivity index (χ0n) is 9.69. The number of nitrogens with one attached hydrogen (secondary N) is 1. The van der Waals surface area contributed by atoms with Crippen molar-refractivity contribution in [1.82, 2.24) is 5.32 Å². The number of carbonyl (C=O) groups excluding carboxylic acids is 1. The maximum absolute atomic E-state index is 11.3. The molecule has 1 aromatic carbocycles. The van der Waals surface area contributed by atoms with Crippen LogP contribution in [-0.2, 0) is 9.59 Å². The number of rotatable bonds is 7. The van der Waals surface area contributed by atoms with E-state index in [-0.39, 0.29) is 18.9 Å². The SMILES string of the molecule is O=C(O)CCCNC(=O)COc1ccc(Br)cc1. The monoisotopic (exact) mass is 315 g/mol. The van der Waals surface area contributed by atoms with Crippen molar-refractivity contribution in [3.63, 3.8) is 0 Å². The van der Waals surface area contributed by atoms with E-state index in [2.05, 4.69) is 21.2 Å². The highest BCUT2D eigenvalue weighted by Crippen LogP contribution is 2.15. The second-order valence-electron chi connectivity index (χ2n) is 3.59. The molecule has 0 fully saturated rings. The van der Waals surface area contributed by atoms with Gasteiger partial charge in [0.25, 0.3) is 5.91 Å². The molecular formula is C12H14BrNO4. The molecule has 0 radical (unpaired) electrons. The van der Waals surface area contributed by atoms with Gasteiger partial charge in [-0.1, -0.05) is 15.9 Å². The summed E-state index contributed by atoms with van der Waals surface area (Å²) in [7, 11) is 0. The lowest BCUT2D eigenvalue weighted by atomic mass is 10.3. The molecule has 0 spiro atoms. The zero-order valence-corrected chi connectivity index (χ0v) is 11.3. The van der Waals surface area contributed by atoms with Gasteiger partial charge in [0, 0.05) is 17.4 Å². The Bertz CT molecular complexity index is 405. The van der Waals surface area contributed by atoms with Gasteiger partial charge < -0.3 is 15.2 Å². The molecule has 0 heterocycles. The van der Waals surface area contributed by atoms with Crippen molar-refractivity contribution in [2.24, 2.45) is 0 Å². The topological polar surface area (TPSA) is 75.6 Å². The molecule has 0 aromatic heterocycles. The number of benzene rings is 1. The van der Waals surface area contributed by atoms with Crippen LogP contribution in [0.15, 0.2) is 28.7 Å². The summed E-state index contributed by atoms with van der Waals surface area (Å²) in [4.78, 5) is 21.6. The first kappa shape index (κ1) is 14.5. The highest BCUT2D eigenvalue weighted by atomic mass is 79.9. The van der Waals surface area contributed by atoms with Gasteiger partial charge in [0.1, 0.15) is 5.75 Å². The molecule has 0 unspecified atom stereocenters. The molecule has 0 aliphatic heterocycles. The van der Waals surface area contributed by atoms with E-state index < -0.39 is 5.97 Å². The van der Waals surface area contributed by atoms with Crippen molar-refractivity contribution in [3.05, 3.63) is 28.7 Å². The summed E-state index contributed by atoms with van der Waals surface area (Å²) in [5.74, 6) is -0.516. The average Bonchev–Trinajstić information content (AvgIpc) is 2.34. The minimum atomic E-state index is -0.865. The Morgan fingerprint density at radius 3 is 2.56 bits per heavy atom. The third-order valence-corrected chi connectivity index (χ3v) is 2.60. The number of carbonyl (C=O) groups is 2. The average molecular weight is 316 g/mol. The van der Waals surface area contributed by atoms with Crippen LogP contribution in [0.4, 0.5) is 0 Å². The van der Waals surface area contributed by atoms with Crippen LogP contribution < -0.4 is 10.1 Å². The summed E-state index contributed by atoms with van der Waals surface area (Å²) in [6.07, 6.45) is 0.465. The standard InChI is InChI=1S/C12H14BrNO4/c13-9-3-5-10(6-4-9)18-8-11(15)14-7-1-2-12(16)17/h3-6H,1-2,7-8H2,(H,14,15)(H,16,17). The summed E-state index contributed by atoms with van der Waals surface area (Å²) >= 11 is 3.30. The molecule has 0 aliphatic rings. The molecule has 0 aliphatic carbocycles. The van der Waals surface area contributed by atoms with Gasteiger partial charge in [-0.3, -0.25) is 9.59 Å². The van der Waals surface area contributed by atoms with Crippen molar-refractivity contribution >= 4 is 27.8 Å². The van der Waals surface area contributed by atoms with E-state index >= 15 is 0 Å². The molecule has 0 bridgehead atoms. The van der Waals surface area contributed by atoms with Crippen molar-refractivity contribution in [1.29, 1.82) is 0 Å². The Morgan fingerprint density at radius 2 is 1.94 bits per heavy atom. The Morgan fingerprint density at radius 1 is 1.28 bits per heavy atom. The van der Waals surface area contributed by atoms with Crippen LogP contribution in [0, 0.1) is 0 Å². The fourth-order valence-electron chi connectivity index (χ4n) is 1.20. The van der Waals surface area contributed by atoms with E-state index in [0.29, 0.717) is 18.7 Å². The van der Waals surface area contributed by atoms with Crippen LogP contribution in [0.1, 0.15) is 12.8 Å². The first-order chi connectivity index (χ1) is 8.58. The van der Waals surface area contributed by atoms with Crippen molar-refractivity contribution in [2.45, 2.75) is 12.8 Å². The lowest BCUT2D eigenvalue weighted by Crippen LogP contribution is -2.29. The number of amides is 1. The molecule has 18 heavy (non-hydrogen) atoms. The van der Waals surface area contributed by atoms with Gasteiger partial charge in [-0.15, -0.1) is 0 Å². The fourth-order valence-corrected chi connectivity index (χ4v) is 1.46. The van der Waals surface area contributed by atoms with Gasteiger partial charge in [0.15, 0.2) is 6.61 Å². The highest BCUT2D eigenvalue weighted by Gasteiger charge is 2.03. The number of carboxylic acid groups (broad SMARTS) is 1. The normalized spacial score (nSPS) is 9.83. The number of carboxylic acids is 1. The maximum atomic E-state index is 11.3. The van der Waals surface area contributed by atoms with Crippen LogP contribution >= 0.6 is 15.9 Å². The number of hydrogen-bond acceptors (Lipinski definition) is 3. The van der Waals surface area contributed by atoms with E-state index in [1.54, 1.807) is 12.1 Å². The van der Waals surface area contributed by atoms with Gasteiger partial charge in [-0.25, -0.2) is 0 Å². The second kappa shape index (κ2) is 7.71. The van der Waals surface area contributed by atoms with Crippen molar-refractivity contribution in [2.75, 3.05) is 13.2 Å². The summed E-state index contributed by atoms with van der Waals surface area (Å²) in [6, 6.07) is 7.14. The first-order valence-corrected chi connectivity index (χ1v) is 6.24. The molecule has 5 nitrogen and oxygen atoms in total. The molecule has 1 rings (SSSR count). The first-order valence-electron chi connectivity index (χ1n) is 5.45.